The first-order valence-corrected chi connectivity index (χ1v) is 8.99. The number of piperazine rings is 1. The van der Waals surface area contributed by atoms with Gasteiger partial charge in [0, 0.05) is 26.2 Å². The Balaban J connectivity index is 1.41. The minimum atomic E-state index is -0.0477. The number of carbonyl (C=O) groups is 1. The quantitative estimate of drug-likeness (QED) is 0.936. The molecule has 1 N–H and O–H groups in total. The highest BCUT2D eigenvalue weighted by Crippen LogP contribution is 2.33. The van der Waals surface area contributed by atoms with E-state index < -0.39 is 0 Å². The topological polar surface area (TPSA) is 48.5 Å². The number of nitrogens with zero attached hydrogens (tertiary/aromatic N) is 3. The summed E-state index contributed by atoms with van der Waals surface area (Å²) < 4.78 is 0. The molecule has 0 unspecified atom stereocenters. The fourth-order valence-corrected chi connectivity index (χ4v) is 3.74. The number of hydrogen-bond acceptors (Lipinski definition) is 4. The molecule has 1 aliphatic heterocycles. The zero-order chi connectivity index (χ0) is 17.2. The molecule has 1 amide bonds. The van der Waals surface area contributed by atoms with E-state index in [1.54, 1.807) is 6.20 Å². The Morgan fingerprint density at radius 2 is 1.92 bits per heavy atom. The second kappa shape index (κ2) is 6.84. The van der Waals surface area contributed by atoms with Crippen LogP contribution in [-0.2, 0) is 11.2 Å². The van der Waals surface area contributed by atoms with Crippen LogP contribution in [0.15, 0.2) is 42.6 Å². The van der Waals surface area contributed by atoms with Gasteiger partial charge in [-0.15, -0.1) is 0 Å². The Kier molecular flexibility index (Phi) is 4.40. The third-order valence-corrected chi connectivity index (χ3v) is 5.29. The van der Waals surface area contributed by atoms with Gasteiger partial charge >= 0.3 is 0 Å². The molecular formula is C20H24N4O. The number of nitrogens with one attached hydrogen (secondary N) is 1. The monoisotopic (exact) mass is 336 g/mol. The van der Waals surface area contributed by atoms with Crippen molar-refractivity contribution >= 4 is 17.4 Å². The standard InChI is InChI=1S/C20H24N4O/c1-23-10-12-24(13-11-23)19-9-7-16(14-21-19)22-20(25)18-8-6-15-4-2-3-5-17(15)18/h2-5,7,9,14,18H,6,8,10-13H2,1H3,(H,22,25)/t18-/m1/s1. The van der Waals surface area contributed by atoms with Gasteiger partial charge in [-0.1, -0.05) is 24.3 Å². The molecule has 0 spiro atoms. The number of fused-ring (bicyclic) bond motifs is 1. The average Bonchev–Trinajstić information content (AvgIpc) is 3.07. The second-order valence-corrected chi connectivity index (χ2v) is 6.97. The number of amides is 1. The summed E-state index contributed by atoms with van der Waals surface area (Å²) in [5.74, 6) is 1.00. The number of aromatic nitrogens is 1. The van der Waals surface area contributed by atoms with Gasteiger partial charge < -0.3 is 15.1 Å². The Labute approximate surface area is 148 Å². The van der Waals surface area contributed by atoms with Crippen LogP contribution in [0.3, 0.4) is 0 Å². The Hall–Kier alpha value is -2.40. The maximum Gasteiger partial charge on any atom is 0.231 e. The molecule has 25 heavy (non-hydrogen) atoms. The zero-order valence-electron chi connectivity index (χ0n) is 14.6. The van der Waals surface area contributed by atoms with Gasteiger partial charge in [-0.2, -0.15) is 0 Å². The van der Waals surface area contributed by atoms with Gasteiger partial charge in [-0.3, -0.25) is 4.79 Å². The smallest absolute Gasteiger partial charge is 0.231 e. The lowest BCUT2D eigenvalue weighted by Crippen LogP contribution is -2.44. The van der Waals surface area contributed by atoms with E-state index >= 15 is 0 Å². The second-order valence-electron chi connectivity index (χ2n) is 6.97. The first kappa shape index (κ1) is 16.1. The molecule has 0 bridgehead atoms. The van der Waals surface area contributed by atoms with E-state index in [0.29, 0.717) is 0 Å². The summed E-state index contributed by atoms with van der Waals surface area (Å²) >= 11 is 0. The number of rotatable bonds is 3. The SMILES string of the molecule is CN1CCN(c2ccc(NC(=O)[C@@H]3CCc4ccccc43)cn2)CC1. The lowest BCUT2D eigenvalue weighted by atomic mass is 10.0. The summed E-state index contributed by atoms with van der Waals surface area (Å²) in [6, 6.07) is 12.2. The summed E-state index contributed by atoms with van der Waals surface area (Å²) in [6.45, 7) is 4.10. The maximum atomic E-state index is 12.6. The van der Waals surface area contributed by atoms with Crippen LogP contribution in [0, 0.1) is 0 Å². The van der Waals surface area contributed by atoms with Crippen molar-refractivity contribution in [2.75, 3.05) is 43.4 Å². The summed E-state index contributed by atoms with van der Waals surface area (Å²) in [4.78, 5) is 21.8. The first-order valence-electron chi connectivity index (χ1n) is 8.99. The molecule has 0 radical (unpaired) electrons. The maximum absolute atomic E-state index is 12.6. The van der Waals surface area contributed by atoms with Crippen LogP contribution in [0.2, 0.25) is 0 Å². The molecule has 1 fully saturated rings. The largest absolute Gasteiger partial charge is 0.354 e. The fourth-order valence-electron chi connectivity index (χ4n) is 3.74. The van der Waals surface area contributed by atoms with E-state index in [4.69, 9.17) is 0 Å². The van der Waals surface area contributed by atoms with Crippen molar-refractivity contribution in [2.45, 2.75) is 18.8 Å². The molecule has 2 heterocycles. The molecule has 0 saturated carbocycles. The number of benzene rings is 1. The molecule has 4 rings (SSSR count). The van der Waals surface area contributed by atoms with Crippen molar-refractivity contribution < 1.29 is 4.79 Å². The van der Waals surface area contributed by atoms with E-state index in [2.05, 4.69) is 39.3 Å². The van der Waals surface area contributed by atoms with Crippen LogP contribution in [0.1, 0.15) is 23.5 Å². The zero-order valence-corrected chi connectivity index (χ0v) is 14.6. The molecule has 1 atom stereocenters. The van der Waals surface area contributed by atoms with E-state index in [1.807, 2.05) is 24.3 Å². The first-order chi connectivity index (χ1) is 12.2. The van der Waals surface area contributed by atoms with Crippen molar-refractivity contribution in [3.63, 3.8) is 0 Å². The summed E-state index contributed by atoms with van der Waals surface area (Å²) in [5.41, 5.74) is 3.24. The van der Waals surface area contributed by atoms with Crippen molar-refractivity contribution in [1.29, 1.82) is 0 Å². The third kappa shape index (κ3) is 3.37. The molecule has 5 nitrogen and oxygen atoms in total. The van der Waals surface area contributed by atoms with Gasteiger partial charge in [0.05, 0.1) is 17.8 Å². The minimum absolute atomic E-state index is 0.0477. The van der Waals surface area contributed by atoms with Crippen molar-refractivity contribution in [1.82, 2.24) is 9.88 Å². The van der Waals surface area contributed by atoms with E-state index in [0.717, 1.165) is 50.5 Å². The Morgan fingerprint density at radius 1 is 1.12 bits per heavy atom. The highest BCUT2D eigenvalue weighted by atomic mass is 16.1. The van der Waals surface area contributed by atoms with Gasteiger partial charge in [-0.25, -0.2) is 4.98 Å². The number of anilines is 2. The molecule has 1 saturated heterocycles. The molecule has 1 aliphatic carbocycles. The van der Waals surface area contributed by atoms with Crippen molar-refractivity contribution in [3.8, 4) is 0 Å². The van der Waals surface area contributed by atoms with Gasteiger partial charge in [-0.05, 0) is 43.1 Å². The Bertz CT molecular complexity index is 751. The lowest BCUT2D eigenvalue weighted by molar-refractivity contribution is -0.117. The molecule has 1 aromatic heterocycles. The normalized spacial score (nSPS) is 20.4. The number of carbonyl (C=O) groups excluding carboxylic acids is 1. The van der Waals surface area contributed by atoms with Crippen LogP contribution in [0.25, 0.3) is 0 Å². The lowest BCUT2D eigenvalue weighted by Gasteiger charge is -2.33. The van der Waals surface area contributed by atoms with Crippen LogP contribution in [0.5, 0.6) is 0 Å². The summed E-state index contributed by atoms with van der Waals surface area (Å²) in [7, 11) is 2.14. The molecule has 2 aromatic rings. The summed E-state index contributed by atoms with van der Waals surface area (Å²) in [6.07, 6.45) is 3.64. The average molecular weight is 336 g/mol. The Morgan fingerprint density at radius 3 is 2.68 bits per heavy atom. The minimum Gasteiger partial charge on any atom is -0.354 e. The van der Waals surface area contributed by atoms with Crippen molar-refractivity contribution in [2.24, 2.45) is 0 Å². The fraction of sp³-hybridized carbons (Fsp3) is 0.400. The van der Waals surface area contributed by atoms with Gasteiger partial charge in [0.25, 0.3) is 0 Å². The molecule has 2 aliphatic rings. The number of likely N-dealkylation sites (N-methyl/N-ethyl adjacent to an activating group) is 1. The number of aryl methyl sites for hydroxylation is 1. The van der Waals surface area contributed by atoms with Crippen LogP contribution in [-0.4, -0.2) is 49.0 Å². The highest BCUT2D eigenvalue weighted by molar-refractivity contribution is 5.96. The molecule has 1 aromatic carbocycles. The van der Waals surface area contributed by atoms with E-state index in [9.17, 15) is 4.79 Å². The highest BCUT2D eigenvalue weighted by Gasteiger charge is 2.28. The van der Waals surface area contributed by atoms with Gasteiger partial charge in [0.2, 0.25) is 5.91 Å². The predicted octanol–water partition coefficient (Wildman–Crippen LogP) is 2.50. The number of pyridine rings is 1. The van der Waals surface area contributed by atoms with Gasteiger partial charge in [0.1, 0.15) is 5.82 Å². The molecular weight excluding hydrogens is 312 g/mol. The third-order valence-electron chi connectivity index (χ3n) is 5.29. The van der Waals surface area contributed by atoms with Crippen molar-refractivity contribution in [3.05, 3.63) is 53.7 Å². The molecule has 130 valence electrons. The number of hydrogen-bond donors (Lipinski definition) is 1. The van der Waals surface area contributed by atoms with Gasteiger partial charge in [0.15, 0.2) is 0 Å². The van der Waals surface area contributed by atoms with E-state index in [-0.39, 0.29) is 11.8 Å². The molecule has 5 heteroatoms. The predicted molar refractivity (Wildman–Crippen MR) is 100 cm³/mol. The van der Waals surface area contributed by atoms with E-state index in [1.165, 1.54) is 11.1 Å². The van der Waals surface area contributed by atoms with Crippen LogP contribution >= 0.6 is 0 Å². The summed E-state index contributed by atoms with van der Waals surface area (Å²) in [5, 5.41) is 3.03. The van der Waals surface area contributed by atoms with Crippen LogP contribution in [0.4, 0.5) is 11.5 Å². The van der Waals surface area contributed by atoms with Crippen LogP contribution < -0.4 is 10.2 Å².